The molecule has 156 valence electrons. The highest BCUT2D eigenvalue weighted by atomic mass is 16.5. The highest BCUT2D eigenvalue weighted by molar-refractivity contribution is 6.02. The SMILES string of the molecule is COc1cn(-c2ccccc2)nc1C(=O)NCc1ccc(NC(=O)c2ccco2)cc1. The number of ether oxygens (including phenoxy) is 1. The number of amides is 2. The van der Waals surface area contributed by atoms with Gasteiger partial charge in [0.25, 0.3) is 11.8 Å². The topological polar surface area (TPSA) is 98.4 Å². The van der Waals surface area contributed by atoms with Crippen molar-refractivity contribution in [2.75, 3.05) is 12.4 Å². The van der Waals surface area contributed by atoms with Crippen LogP contribution in [0.15, 0.2) is 83.6 Å². The van der Waals surface area contributed by atoms with Crippen LogP contribution < -0.4 is 15.4 Å². The number of nitrogens with one attached hydrogen (secondary N) is 2. The van der Waals surface area contributed by atoms with Crippen molar-refractivity contribution in [3.63, 3.8) is 0 Å². The zero-order valence-corrected chi connectivity index (χ0v) is 16.7. The normalized spacial score (nSPS) is 10.5. The Kier molecular flexibility index (Phi) is 5.79. The standard InChI is InChI=1S/C23H20N4O4/c1-30-20-15-27(18-6-3-2-4-7-18)26-21(20)23(29)24-14-16-9-11-17(12-10-16)25-22(28)19-8-5-13-31-19/h2-13,15H,14H2,1H3,(H,24,29)(H,25,28). The van der Waals surface area contributed by atoms with Gasteiger partial charge in [-0.3, -0.25) is 9.59 Å². The summed E-state index contributed by atoms with van der Waals surface area (Å²) < 4.78 is 12.0. The van der Waals surface area contributed by atoms with Crippen LogP contribution in [-0.4, -0.2) is 28.7 Å². The van der Waals surface area contributed by atoms with Gasteiger partial charge in [0.15, 0.2) is 17.2 Å². The summed E-state index contributed by atoms with van der Waals surface area (Å²) in [6.45, 7) is 0.298. The van der Waals surface area contributed by atoms with Crippen molar-refractivity contribution in [3.05, 3.63) is 96.2 Å². The van der Waals surface area contributed by atoms with Gasteiger partial charge in [-0.25, -0.2) is 4.68 Å². The molecule has 0 unspecified atom stereocenters. The Balaban J connectivity index is 1.38. The zero-order chi connectivity index (χ0) is 21.6. The van der Waals surface area contributed by atoms with Gasteiger partial charge < -0.3 is 19.8 Å². The molecular weight excluding hydrogens is 396 g/mol. The van der Waals surface area contributed by atoms with Gasteiger partial charge in [-0.2, -0.15) is 5.10 Å². The van der Waals surface area contributed by atoms with E-state index in [0.29, 0.717) is 18.0 Å². The molecule has 0 aliphatic carbocycles. The molecule has 0 aliphatic heterocycles. The van der Waals surface area contributed by atoms with Gasteiger partial charge in [0.1, 0.15) is 0 Å². The third kappa shape index (κ3) is 4.64. The van der Waals surface area contributed by atoms with E-state index in [1.54, 1.807) is 35.1 Å². The number of hydrogen-bond acceptors (Lipinski definition) is 5. The second-order valence-electron chi connectivity index (χ2n) is 6.64. The first-order chi connectivity index (χ1) is 15.1. The molecule has 0 atom stereocenters. The fourth-order valence-corrected chi connectivity index (χ4v) is 2.95. The molecule has 8 nitrogen and oxygen atoms in total. The Hall–Kier alpha value is -4.33. The summed E-state index contributed by atoms with van der Waals surface area (Å²) in [5.74, 6) is -0.0496. The van der Waals surface area contributed by atoms with Gasteiger partial charge in [-0.05, 0) is 42.0 Å². The van der Waals surface area contributed by atoms with E-state index in [1.165, 1.54) is 13.4 Å². The molecule has 8 heteroatoms. The average Bonchev–Trinajstić information content (AvgIpc) is 3.49. The molecule has 0 radical (unpaired) electrons. The number of rotatable bonds is 7. The van der Waals surface area contributed by atoms with Crippen molar-refractivity contribution in [1.82, 2.24) is 15.1 Å². The smallest absolute Gasteiger partial charge is 0.291 e. The van der Waals surface area contributed by atoms with Crippen molar-refractivity contribution in [2.24, 2.45) is 0 Å². The Bertz CT molecular complexity index is 1170. The summed E-state index contributed by atoms with van der Waals surface area (Å²) in [7, 11) is 1.50. The first kappa shape index (κ1) is 20.0. The van der Waals surface area contributed by atoms with E-state index in [2.05, 4.69) is 15.7 Å². The molecule has 31 heavy (non-hydrogen) atoms. The summed E-state index contributed by atoms with van der Waals surface area (Å²) in [4.78, 5) is 24.7. The molecule has 2 N–H and O–H groups in total. The quantitative estimate of drug-likeness (QED) is 0.479. The van der Waals surface area contributed by atoms with E-state index in [0.717, 1.165) is 11.3 Å². The molecule has 0 bridgehead atoms. The fraction of sp³-hybridized carbons (Fsp3) is 0.0870. The largest absolute Gasteiger partial charge is 0.493 e. The van der Waals surface area contributed by atoms with Crippen LogP contribution in [0.4, 0.5) is 5.69 Å². The van der Waals surface area contributed by atoms with E-state index < -0.39 is 0 Å². The molecule has 2 aromatic carbocycles. The number of carbonyl (C=O) groups excluding carboxylic acids is 2. The molecule has 0 spiro atoms. The molecule has 4 rings (SSSR count). The lowest BCUT2D eigenvalue weighted by Gasteiger charge is -2.07. The number of methoxy groups -OCH3 is 1. The van der Waals surface area contributed by atoms with E-state index in [1.807, 2.05) is 42.5 Å². The van der Waals surface area contributed by atoms with E-state index in [4.69, 9.17) is 9.15 Å². The van der Waals surface area contributed by atoms with Gasteiger partial charge in [-0.15, -0.1) is 0 Å². The second kappa shape index (κ2) is 9.00. The monoisotopic (exact) mass is 416 g/mol. The molecular formula is C23H20N4O4. The Morgan fingerprint density at radius 3 is 2.45 bits per heavy atom. The van der Waals surface area contributed by atoms with Gasteiger partial charge in [-0.1, -0.05) is 30.3 Å². The molecule has 0 saturated heterocycles. The van der Waals surface area contributed by atoms with Crippen molar-refractivity contribution in [1.29, 1.82) is 0 Å². The van der Waals surface area contributed by atoms with Crippen molar-refractivity contribution in [3.8, 4) is 11.4 Å². The van der Waals surface area contributed by atoms with Crippen LogP contribution in [-0.2, 0) is 6.54 Å². The number of nitrogens with zero attached hydrogens (tertiary/aromatic N) is 2. The molecule has 2 aromatic heterocycles. The predicted octanol–water partition coefficient (Wildman–Crippen LogP) is 3.66. The Morgan fingerprint density at radius 1 is 1.00 bits per heavy atom. The molecule has 2 amide bonds. The van der Waals surface area contributed by atoms with E-state index in [-0.39, 0.29) is 23.3 Å². The lowest BCUT2D eigenvalue weighted by Crippen LogP contribution is -2.24. The maximum absolute atomic E-state index is 12.7. The average molecular weight is 416 g/mol. The number of para-hydroxylation sites is 1. The van der Waals surface area contributed by atoms with Gasteiger partial charge in [0.2, 0.25) is 0 Å². The predicted molar refractivity (Wildman–Crippen MR) is 114 cm³/mol. The van der Waals surface area contributed by atoms with Gasteiger partial charge in [0.05, 0.1) is 25.3 Å². The third-order valence-corrected chi connectivity index (χ3v) is 4.55. The number of furan rings is 1. The van der Waals surface area contributed by atoms with E-state index >= 15 is 0 Å². The maximum Gasteiger partial charge on any atom is 0.291 e. The number of benzene rings is 2. The molecule has 0 saturated carbocycles. The lowest BCUT2D eigenvalue weighted by atomic mass is 10.2. The van der Waals surface area contributed by atoms with Gasteiger partial charge in [0, 0.05) is 12.2 Å². The first-order valence-electron chi connectivity index (χ1n) is 9.55. The van der Waals surface area contributed by atoms with Crippen molar-refractivity contribution in [2.45, 2.75) is 6.54 Å². The maximum atomic E-state index is 12.7. The van der Waals surface area contributed by atoms with Crippen LogP contribution in [0.3, 0.4) is 0 Å². The minimum Gasteiger partial charge on any atom is -0.493 e. The minimum absolute atomic E-state index is 0.202. The number of anilines is 1. The highest BCUT2D eigenvalue weighted by Gasteiger charge is 2.18. The van der Waals surface area contributed by atoms with Crippen molar-refractivity contribution >= 4 is 17.5 Å². The Labute approximate surface area is 178 Å². The number of aromatic nitrogens is 2. The van der Waals surface area contributed by atoms with Crippen LogP contribution in [0.25, 0.3) is 5.69 Å². The van der Waals surface area contributed by atoms with E-state index in [9.17, 15) is 9.59 Å². The third-order valence-electron chi connectivity index (χ3n) is 4.55. The summed E-state index contributed by atoms with van der Waals surface area (Å²) in [5, 5.41) is 9.94. The Morgan fingerprint density at radius 2 is 1.77 bits per heavy atom. The van der Waals surface area contributed by atoms with Crippen LogP contribution >= 0.6 is 0 Å². The fourth-order valence-electron chi connectivity index (χ4n) is 2.95. The summed E-state index contributed by atoms with van der Waals surface area (Å²) >= 11 is 0. The summed E-state index contributed by atoms with van der Waals surface area (Å²) in [5.41, 5.74) is 2.52. The first-order valence-corrected chi connectivity index (χ1v) is 9.55. The molecule has 2 heterocycles. The number of hydrogen-bond donors (Lipinski definition) is 2. The zero-order valence-electron chi connectivity index (χ0n) is 16.7. The van der Waals surface area contributed by atoms with Crippen LogP contribution in [0.5, 0.6) is 5.75 Å². The number of carbonyl (C=O) groups is 2. The van der Waals surface area contributed by atoms with Gasteiger partial charge >= 0.3 is 0 Å². The van der Waals surface area contributed by atoms with Crippen LogP contribution in [0, 0.1) is 0 Å². The molecule has 0 fully saturated rings. The van der Waals surface area contributed by atoms with Crippen LogP contribution in [0.2, 0.25) is 0 Å². The summed E-state index contributed by atoms with van der Waals surface area (Å²) in [6, 6.07) is 19.9. The summed E-state index contributed by atoms with van der Waals surface area (Å²) in [6.07, 6.45) is 3.11. The highest BCUT2D eigenvalue weighted by Crippen LogP contribution is 2.19. The second-order valence-corrected chi connectivity index (χ2v) is 6.64. The molecule has 0 aliphatic rings. The molecule has 4 aromatic rings. The van der Waals surface area contributed by atoms with Crippen LogP contribution in [0.1, 0.15) is 26.6 Å². The minimum atomic E-state index is -0.346. The van der Waals surface area contributed by atoms with Crippen molar-refractivity contribution < 1.29 is 18.7 Å². The lowest BCUT2D eigenvalue weighted by molar-refractivity contribution is 0.0941.